The van der Waals surface area contributed by atoms with Crippen molar-refractivity contribution in [1.82, 2.24) is 14.8 Å². The van der Waals surface area contributed by atoms with Crippen LogP contribution in [0.3, 0.4) is 0 Å². The molecule has 0 bridgehead atoms. The number of ether oxygens (including phenoxy) is 2. The summed E-state index contributed by atoms with van der Waals surface area (Å²) in [6.45, 7) is 2.15. The van der Waals surface area contributed by atoms with Crippen molar-refractivity contribution in [1.29, 1.82) is 0 Å². The van der Waals surface area contributed by atoms with Gasteiger partial charge in [0.2, 0.25) is 5.82 Å². The first kappa shape index (κ1) is 23.7. The molecule has 1 aliphatic rings. The van der Waals surface area contributed by atoms with E-state index in [1.165, 1.54) is 18.2 Å². The van der Waals surface area contributed by atoms with Gasteiger partial charge in [0.1, 0.15) is 18.0 Å². The van der Waals surface area contributed by atoms with E-state index in [1.807, 2.05) is 0 Å². The van der Waals surface area contributed by atoms with Crippen molar-refractivity contribution in [3.05, 3.63) is 69.2 Å². The number of carboxylic acids is 1. The van der Waals surface area contributed by atoms with Crippen LogP contribution in [0.1, 0.15) is 48.3 Å². The van der Waals surface area contributed by atoms with Crippen LogP contribution in [0.2, 0.25) is 10.0 Å². The summed E-state index contributed by atoms with van der Waals surface area (Å²) in [5.74, 6) is -1.87. The van der Waals surface area contributed by atoms with Crippen molar-refractivity contribution < 1.29 is 28.2 Å². The predicted octanol–water partition coefficient (Wildman–Crippen LogP) is 5.90. The molecule has 2 heterocycles. The van der Waals surface area contributed by atoms with Crippen molar-refractivity contribution in [2.75, 3.05) is 6.61 Å². The summed E-state index contributed by atoms with van der Waals surface area (Å²) in [7, 11) is 0. The highest BCUT2D eigenvalue weighted by Crippen LogP contribution is 2.46. The SMILES string of the molecule is CCOc1cccc([C@H]2O[C@H](CC(=O)O)c3nnc(C(F)(F)Cl)n3-c3ccc(Cl)cc32)c1Cl. The molecule has 174 valence electrons. The molecule has 0 aliphatic carbocycles. The molecule has 1 N–H and O–H groups in total. The number of hydrogen-bond donors (Lipinski definition) is 1. The minimum atomic E-state index is -3.89. The summed E-state index contributed by atoms with van der Waals surface area (Å²) < 4.78 is 41.2. The van der Waals surface area contributed by atoms with E-state index in [1.54, 1.807) is 25.1 Å². The maximum atomic E-state index is 14.2. The highest BCUT2D eigenvalue weighted by molar-refractivity contribution is 6.33. The van der Waals surface area contributed by atoms with Gasteiger partial charge in [0.15, 0.2) is 5.82 Å². The van der Waals surface area contributed by atoms with E-state index >= 15 is 0 Å². The molecular formula is C21H16Cl3F2N3O4. The van der Waals surface area contributed by atoms with Gasteiger partial charge in [0.05, 0.1) is 23.7 Å². The molecule has 3 aromatic rings. The number of halogens is 5. The number of aliphatic carboxylic acids is 1. The summed E-state index contributed by atoms with van der Waals surface area (Å²) >= 11 is 18.1. The van der Waals surface area contributed by atoms with Crippen molar-refractivity contribution in [3.8, 4) is 11.4 Å². The smallest absolute Gasteiger partial charge is 0.382 e. The van der Waals surface area contributed by atoms with E-state index in [0.717, 1.165) is 4.57 Å². The molecule has 1 aromatic heterocycles. The maximum absolute atomic E-state index is 14.2. The monoisotopic (exact) mass is 517 g/mol. The average Bonchev–Trinajstić information content (AvgIpc) is 3.14. The van der Waals surface area contributed by atoms with Gasteiger partial charge < -0.3 is 14.6 Å². The van der Waals surface area contributed by atoms with Crippen LogP contribution in [0.5, 0.6) is 5.75 Å². The Balaban J connectivity index is 2.00. The number of benzene rings is 2. The fraction of sp³-hybridized carbons (Fsp3) is 0.286. The average molecular weight is 519 g/mol. The molecular weight excluding hydrogens is 503 g/mol. The fourth-order valence-corrected chi connectivity index (χ4v) is 4.28. The summed E-state index contributed by atoms with van der Waals surface area (Å²) in [6.07, 6.45) is -2.83. The van der Waals surface area contributed by atoms with Gasteiger partial charge in [0.25, 0.3) is 0 Å². The Labute approximate surface area is 201 Å². The molecule has 7 nitrogen and oxygen atoms in total. The molecule has 0 unspecified atom stereocenters. The van der Waals surface area contributed by atoms with Crippen LogP contribution in [0.15, 0.2) is 36.4 Å². The van der Waals surface area contributed by atoms with E-state index in [0.29, 0.717) is 28.5 Å². The minimum Gasteiger partial charge on any atom is -0.492 e. The summed E-state index contributed by atoms with van der Waals surface area (Å²) in [6, 6.07) is 9.52. The number of nitrogens with zero attached hydrogens (tertiary/aromatic N) is 3. The highest BCUT2D eigenvalue weighted by atomic mass is 35.5. The molecule has 4 rings (SSSR count). The second-order valence-electron chi connectivity index (χ2n) is 7.11. The van der Waals surface area contributed by atoms with E-state index < -0.39 is 35.8 Å². The lowest BCUT2D eigenvalue weighted by Crippen LogP contribution is -2.17. The quantitative estimate of drug-likeness (QED) is 0.409. The summed E-state index contributed by atoms with van der Waals surface area (Å²) in [4.78, 5) is 11.6. The Bertz CT molecular complexity index is 1220. The fourth-order valence-electron chi connectivity index (χ4n) is 3.70. The highest BCUT2D eigenvalue weighted by Gasteiger charge is 2.42. The van der Waals surface area contributed by atoms with Gasteiger partial charge in [-0.25, -0.2) is 0 Å². The topological polar surface area (TPSA) is 86.5 Å². The van der Waals surface area contributed by atoms with Crippen LogP contribution < -0.4 is 4.74 Å². The Morgan fingerprint density at radius 2 is 2.00 bits per heavy atom. The van der Waals surface area contributed by atoms with E-state index in [9.17, 15) is 18.7 Å². The zero-order valence-corrected chi connectivity index (χ0v) is 19.2. The molecule has 0 radical (unpaired) electrons. The van der Waals surface area contributed by atoms with Crippen molar-refractivity contribution in [2.45, 2.75) is 30.9 Å². The molecule has 2 atom stereocenters. The predicted molar refractivity (Wildman–Crippen MR) is 117 cm³/mol. The first-order chi connectivity index (χ1) is 15.6. The van der Waals surface area contributed by atoms with E-state index in [-0.39, 0.29) is 16.5 Å². The van der Waals surface area contributed by atoms with Crippen LogP contribution in [-0.4, -0.2) is 32.4 Å². The number of alkyl halides is 3. The lowest BCUT2D eigenvalue weighted by molar-refractivity contribution is -0.141. The third kappa shape index (κ3) is 4.50. The molecule has 2 aromatic carbocycles. The second-order valence-corrected chi connectivity index (χ2v) is 8.40. The third-order valence-electron chi connectivity index (χ3n) is 4.98. The zero-order valence-electron chi connectivity index (χ0n) is 16.9. The van der Waals surface area contributed by atoms with Crippen LogP contribution in [0.25, 0.3) is 5.69 Å². The molecule has 0 fully saturated rings. The van der Waals surface area contributed by atoms with Crippen molar-refractivity contribution >= 4 is 40.8 Å². The number of fused-ring (bicyclic) bond motifs is 3. The Kier molecular flexibility index (Phi) is 6.50. The summed E-state index contributed by atoms with van der Waals surface area (Å²) in [5, 5.41) is 13.4. The number of carbonyl (C=O) groups is 1. The van der Waals surface area contributed by atoms with Gasteiger partial charge in [-0.05, 0) is 42.8 Å². The molecule has 0 saturated carbocycles. The Morgan fingerprint density at radius 3 is 2.67 bits per heavy atom. The number of rotatable bonds is 6. The normalized spacial score (nSPS) is 17.8. The Hall–Kier alpha value is -2.46. The van der Waals surface area contributed by atoms with Gasteiger partial charge in [-0.15, -0.1) is 10.2 Å². The van der Waals surface area contributed by atoms with Crippen LogP contribution in [-0.2, 0) is 14.9 Å². The van der Waals surface area contributed by atoms with Crippen LogP contribution in [0.4, 0.5) is 8.78 Å². The molecule has 0 saturated heterocycles. The lowest BCUT2D eigenvalue weighted by Gasteiger charge is -2.23. The number of hydrogen-bond acceptors (Lipinski definition) is 5. The van der Waals surface area contributed by atoms with Gasteiger partial charge in [-0.3, -0.25) is 9.36 Å². The first-order valence-electron chi connectivity index (χ1n) is 9.72. The van der Waals surface area contributed by atoms with Gasteiger partial charge >= 0.3 is 11.4 Å². The number of carboxylic acid groups (broad SMARTS) is 1. The molecule has 33 heavy (non-hydrogen) atoms. The first-order valence-corrected chi connectivity index (χ1v) is 10.9. The second kappa shape index (κ2) is 9.06. The molecule has 1 aliphatic heterocycles. The maximum Gasteiger partial charge on any atom is 0.382 e. The lowest BCUT2D eigenvalue weighted by atomic mass is 9.99. The minimum absolute atomic E-state index is 0.143. The van der Waals surface area contributed by atoms with Gasteiger partial charge in [0, 0.05) is 16.1 Å². The summed E-state index contributed by atoms with van der Waals surface area (Å²) in [5.41, 5.74) is 0.971. The van der Waals surface area contributed by atoms with Crippen LogP contribution >= 0.6 is 34.8 Å². The largest absolute Gasteiger partial charge is 0.492 e. The van der Waals surface area contributed by atoms with E-state index in [4.69, 9.17) is 44.3 Å². The van der Waals surface area contributed by atoms with Crippen molar-refractivity contribution in [2.24, 2.45) is 0 Å². The van der Waals surface area contributed by atoms with E-state index in [2.05, 4.69) is 10.2 Å². The molecule has 0 spiro atoms. The van der Waals surface area contributed by atoms with Gasteiger partial charge in [-0.2, -0.15) is 8.78 Å². The van der Waals surface area contributed by atoms with Crippen molar-refractivity contribution in [3.63, 3.8) is 0 Å². The standard InChI is InChI=1S/C21H16Cl3F2N3O4/c1-2-32-14-5-3-4-11(17(14)23)18-12-8-10(22)6-7-13(12)29-19(15(33-18)9-16(30)31)27-28-20(29)21(24,25)26/h3-8,15,18H,2,9H2,1H3,(H,30,31)/t15-,18-/m1/s1. The zero-order chi connectivity index (χ0) is 23.9. The Morgan fingerprint density at radius 1 is 1.24 bits per heavy atom. The van der Waals surface area contributed by atoms with Gasteiger partial charge in [-0.1, -0.05) is 35.3 Å². The third-order valence-corrected chi connectivity index (χ3v) is 5.79. The molecule has 12 heteroatoms. The number of aromatic nitrogens is 3. The molecule has 0 amide bonds. The van der Waals surface area contributed by atoms with Crippen LogP contribution in [0, 0.1) is 0 Å².